The fraction of sp³-hybridized carbons (Fsp3) is 0.0385. The van der Waals surface area contributed by atoms with E-state index in [2.05, 4.69) is 20.7 Å². The number of amides is 1. The number of fused-ring (bicyclic) bond motifs is 1. The smallest absolute Gasteiger partial charge is 0.250 e. The highest BCUT2D eigenvalue weighted by molar-refractivity contribution is 6.32. The third-order valence-electron chi connectivity index (χ3n) is 5.39. The number of rotatable bonds is 5. The van der Waals surface area contributed by atoms with Gasteiger partial charge in [-0.15, -0.1) is 5.10 Å². The third-order valence-corrected chi connectivity index (χ3v) is 6.24. The normalized spacial score (nSPS) is 14.8. The van der Waals surface area contributed by atoms with Gasteiger partial charge in [0.2, 0.25) is 5.95 Å². The van der Waals surface area contributed by atoms with Crippen LogP contribution in [-0.4, -0.2) is 20.7 Å². The Labute approximate surface area is 216 Å². The van der Waals surface area contributed by atoms with Crippen molar-refractivity contribution < 1.29 is 4.79 Å². The molecule has 0 unspecified atom stereocenters. The second kappa shape index (κ2) is 9.96. The van der Waals surface area contributed by atoms with E-state index >= 15 is 0 Å². The molecule has 0 spiro atoms. The quantitative estimate of drug-likeness (QED) is 0.278. The predicted molar refractivity (Wildman–Crippen MR) is 142 cm³/mol. The Morgan fingerprint density at radius 3 is 2.34 bits per heavy atom. The molecular weight excluding hydrogens is 505 g/mol. The van der Waals surface area contributed by atoms with Crippen LogP contribution in [0.3, 0.4) is 0 Å². The molecule has 5 rings (SSSR count). The van der Waals surface area contributed by atoms with E-state index in [1.807, 2.05) is 72.8 Å². The standard InChI is InChI=1S/C26H18Cl3N5O/c27-19-10-5-17(6-11-19)22-15-23(18-7-12-20(28)13-8-18)34-26(30-22)32-25(33-34)31-24(35)14-9-16-3-1-2-4-21(16)29/h1-15,23H,(H2,30,31,32,33,35)/b14-9+/t23-/m0/s1. The lowest BCUT2D eigenvalue weighted by Crippen LogP contribution is -2.20. The van der Waals surface area contributed by atoms with Gasteiger partial charge in [0.1, 0.15) is 6.04 Å². The minimum Gasteiger partial charge on any atom is -0.324 e. The van der Waals surface area contributed by atoms with Gasteiger partial charge in [-0.25, -0.2) is 4.68 Å². The minimum absolute atomic E-state index is 0.172. The van der Waals surface area contributed by atoms with Crippen molar-refractivity contribution >= 4 is 64.4 Å². The van der Waals surface area contributed by atoms with Crippen LogP contribution in [0.25, 0.3) is 11.8 Å². The summed E-state index contributed by atoms with van der Waals surface area (Å²) >= 11 is 18.3. The monoisotopic (exact) mass is 521 g/mol. The first-order valence-electron chi connectivity index (χ1n) is 10.7. The van der Waals surface area contributed by atoms with E-state index in [0.717, 1.165) is 22.4 Å². The molecule has 2 N–H and O–H groups in total. The van der Waals surface area contributed by atoms with E-state index in [1.54, 1.807) is 16.8 Å². The van der Waals surface area contributed by atoms with Crippen molar-refractivity contribution in [1.29, 1.82) is 0 Å². The molecule has 1 aliphatic heterocycles. The summed E-state index contributed by atoms with van der Waals surface area (Å²) in [5, 5.41) is 12.4. The highest BCUT2D eigenvalue weighted by Crippen LogP contribution is 2.34. The summed E-state index contributed by atoms with van der Waals surface area (Å²) in [5.41, 5.74) is 3.49. The van der Waals surface area contributed by atoms with E-state index in [9.17, 15) is 4.79 Å². The van der Waals surface area contributed by atoms with Gasteiger partial charge in [0.25, 0.3) is 11.9 Å². The first-order chi connectivity index (χ1) is 17.0. The van der Waals surface area contributed by atoms with Crippen LogP contribution in [0.1, 0.15) is 22.7 Å². The molecule has 1 amide bonds. The zero-order valence-electron chi connectivity index (χ0n) is 18.1. The average Bonchev–Trinajstić information content (AvgIpc) is 3.26. The lowest BCUT2D eigenvalue weighted by molar-refractivity contribution is -0.111. The first-order valence-corrected chi connectivity index (χ1v) is 11.8. The molecule has 6 nitrogen and oxygen atoms in total. The molecule has 1 atom stereocenters. The zero-order chi connectivity index (χ0) is 24.4. The van der Waals surface area contributed by atoms with E-state index in [4.69, 9.17) is 34.8 Å². The Bertz CT molecular complexity index is 1440. The summed E-state index contributed by atoms with van der Waals surface area (Å²) in [5.74, 6) is 0.288. The molecule has 35 heavy (non-hydrogen) atoms. The predicted octanol–water partition coefficient (Wildman–Crippen LogP) is 6.95. The fourth-order valence-corrected chi connectivity index (χ4v) is 4.12. The molecular formula is C26H18Cl3N5O. The number of allylic oxidation sites excluding steroid dienone is 1. The second-order valence-corrected chi connectivity index (χ2v) is 9.04. The SMILES string of the molecule is O=C(/C=C/c1ccccc1Cl)Nc1nc2n(n1)[C@H](c1ccc(Cl)cc1)C=C(c1ccc(Cl)cc1)N2. The highest BCUT2D eigenvalue weighted by Gasteiger charge is 2.25. The largest absolute Gasteiger partial charge is 0.324 e. The van der Waals surface area contributed by atoms with Crippen LogP contribution in [0, 0.1) is 0 Å². The Kier molecular flexibility index (Phi) is 6.59. The average molecular weight is 523 g/mol. The van der Waals surface area contributed by atoms with Crippen molar-refractivity contribution in [2.45, 2.75) is 6.04 Å². The van der Waals surface area contributed by atoms with Crippen LogP contribution in [0.2, 0.25) is 15.1 Å². The van der Waals surface area contributed by atoms with Crippen LogP contribution in [0.4, 0.5) is 11.9 Å². The maximum atomic E-state index is 12.5. The van der Waals surface area contributed by atoms with Crippen molar-refractivity contribution in [3.8, 4) is 0 Å². The molecule has 0 radical (unpaired) electrons. The lowest BCUT2D eigenvalue weighted by Gasteiger charge is -2.24. The number of halogens is 3. The molecule has 3 aromatic carbocycles. The number of aromatic nitrogens is 3. The van der Waals surface area contributed by atoms with Crippen molar-refractivity contribution in [3.05, 3.63) is 117 Å². The summed E-state index contributed by atoms with van der Waals surface area (Å²) in [7, 11) is 0. The molecule has 1 aliphatic rings. The molecule has 0 saturated heterocycles. The van der Waals surface area contributed by atoms with Gasteiger partial charge >= 0.3 is 0 Å². The van der Waals surface area contributed by atoms with Crippen LogP contribution >= 0.6 is 34.8 Å². The Balaban J connectivity index is 1.44. The number of benzene rings is 3. The Morgan fingerprint density at radius 2 is 1.63 bits per heavy atom. The third kappa shape index (κ3) is 5.25. The molecule has 0 bridgehead atoms. The van der Waals surface area contributed by atoms with E-state index in [-0.39, 0.29) is 17.9 Å². The van der Waals surface area contributed by atoms with Gasteiger partial charge in [0.15, 0.2) is 0 Å². The van der Waals surface area contributed by atoms with Gasteiger partial charge in [-0.2, -0.15) is 4.98 Å². The van der Waals surface area contributed by atoms with Gasteiger partial charge < -0.3 is 5.32 Å². The summed E-state index contributed by atoms with van der Waals surface area (Å²) in [6, 6.07) is 22.0. The van der Waals surface area contributed by atoms with Crippen molar-refractivity contribution in [1.82, 2.24) is 14.8 Å². The number of hydrogen-bond acceptors (Lipinski definition) is 4. The van der Waals surface area contributed by atoms with Gasteiger partial charge in [-0.3, -0.25) is 10.1 Å². The van der Waals surface area contributed by atoms with Gasteiger partial charge in [0, 0.05) is 26.8 Å². The van der Waals surface area contributed by atoms with Gasteiger partial charge in [-0.05, 0) is 59.2 Å². The summed E-state index contributed by atoms with van der Waals surface area (Å²) in [4.78, 5) is 17.0. The molecule has 0 fully saturated rings. The summed E-state index contributed by atoms with van der Waals surface area (Å²) in [6.45, 7) is 0. The van der Waals surface area contributed by atoms with Crippen LogP contribution in [0.5, 0.6) is 0 Å². The fourth-order valence-electron chi connectivity index (χ4n) is 3.67. The van der Waals surface area contributed by atoms with E-state index in [1.165, 1.54) is 6.08 Å². The van der Waals surface area contributed by atoms with E-state index in [0.29, 0.717) is 21.0 Å². The maximum Gasteiger partial charge on any atom is 0.250 e. The molecule has 9 heteroatoms. The molecule has 2 heterocycles. The topological polar surface area (TPSA) is 71.8 Å². The minimum atomic E-state index is -0.373. The number of hydrogen-bond donors (Lipinski definition) is 2. The van der Waals surface area contributed by atoms with Gasteiger partial charge in [0.05, 0.1) is 0 Å². The van der Waals surface area contributed by atoms with Crippen molar-refractivity contribution in [3.63, 3.8) is 0 Å². The molecule has 4 aromatic rings. The summed E-state index contributed by atoms with van der Waals surface area (Å²) < 4.78 is 1.72. The number of nitrogens with one attached hydrogen (secondary N) is 2. The van der Waals surface area contributed by atoms with Crippen LogP contribution in [-0.2, 0) is 4.79 Å². The number of carbonyl (C=O) groups is 1. The number of carbonyl (C=O) groups excluding carboxylic acids is 1. The second-order valence-electron chi connectivity index (χ2n) is 7.76. The number of nitrogens with zero attached hydrogens (tertiary/aromatic N) is 3. The molecule has 1 aromatic heterocycles. The van der Waals surface area contributed by atoms with Crippen LogP contribution < -0.4 is 10.6 Å². The highest BCUT2D eigenvalue weighted by atomic mass is 35.5. The molecule has 0 saturated carbocycles. The van der Waals surface area contributed by atoms with Crippen molar-refractivity contribution in [2.75, 3.05) is 10.6 Å². The van der Waals surface area contributed by atoms with Gasteiger partial charge in [-0.1, -0.05) is 77.3 Å². The lowest BCUT2D eigenvalue weighted by atomic mass is 10.0. The molecule has 0 aliphatic carbocycles. The Hall–Kier alpha value is -3.58. The Morgan fingerprint density at radius 1 is 0.943 bits per heavy atom. The van der Waals surface area contributed by atoms with Crippen molar-refractivity contribution in [2.24, 2.45) is 0 Å². The maximum absolute atomic E-state index is 12.5. The zero-order valence-corrected chi connectivity index (χ0v) is 20.4. The molecule has 174 valence electrons. The number of anilines is 2. The van der Waals surface area contributed by atoms with Crippen LogP contribution in [0.15, 0.2) is 84.9 Å². The first kappa shape index (κ1) is 23.2. The summed E-state index contributed by atoms with van der Waals surface area (Å²) in [6.07, 6.45) is 5.07. The van der Waals surface area contributed by atoms with E-state index < -0.39 is 0 Å².